The molecule has 1 heteroatoms. The summed E-state index contributed by atoms with van der Waals surface area (Å²) in [5.41, 5.74) is 5.45. The Morgan fingerprint density at radius 3 is 2.36 bits per heavy atom. The first kappa shape index (κ1) is 18.5. The van der Waals surface area contributed by atoms with Crippen LogP contribution >= 0.6 is 0 Å². The van der Waals surface area contributed by atoms with Crippen LogP contribution in [-0.2, 0) is 13.0 Å². The lowest BCUT2D eigenvalue weighted by Crippen LogP contribution is -2.13. The largest absolute Gasteiger partial charge is 0.341 e. The molecule has 22 heavy (non-hydrogen) atoms. The molecule has 0 bridgehead atoms. The van der Waals surface area contributed by atoms with Gasteiger partial charge in [0.05, 0.1) is 0 Å². The molecule has 1 aromatic rings. The van der Waals surface area contributed by atoms with Gasteiger partial charge in [0.15, 0.2) is 0 Å². The van der Waals surface area contributed by atoms with Gasteiger partial charge in [-0.25, -0.2) is 0 Å². The highest BCUT2D eigenvalue weighted by atomic mass is 15.0. The minimum absolute atomic E-state index is 0.742. The van der Waals surface area contributed by atoms with Gasteiger partial charge in [-0.1, -0.05) is 65.3 Å². The predicted molar refractivity (Wildman–Crippen MR) is 101 cm³/mol. The molecule has 1 rings (SSSR count). The number of rotatable bonds is 10. The van der Waals surface area contributed by atoms with Gasteiger partial charge in [-0.2, -0.15) is 0 Å². The molecule has 0 aromatic carbocycles. The molecule has 1 nitrogen and oxygen atoms in total. The normalized spacial score (nSPS) is 12.7. The van der Waals surface area contributed by atoms with Gasteiger partial charge in [-0.3, -0.25) is 0 Å². The number of hydrogen-bond donors (Lipinski definition) is 0. The summed E-state index contributed by atoms with van der Waals surface area (Å²) >= 11 is 0. The zero-order valence-corrected chi connectivity index (χ0v) is 15.0. The Morgan fingerprint density at radius 2 is 1.86 bits per heavy atom. The lowest BCUT2D eigenvalue weighted by atomic mass is 9.99. The van der Waals surface area contributed by atoms with E-state index < -0.39 is 0 Å². The van der Waals surface area contributed by atoms with Gasteiger partial charge in [0.2, 0.25) is 0 Å². The first-order chi connectivity index (χ1) is 10.6. The third-order valence-electron chi connectivity index (χ3n) is 4.65. The van der Waals surface area contributed by atoms with Crippen LogP contribution < -0.4 is 0 Å². The molecule has 0 aliphatic carbocycles. The Kier molecular flexibility index (Phi) is 8.01. The standard InChI is InChI=1S/C21H33N/c1-7-12-14-18(9-3)16-22-20(11-5)19(10-4)17(6)21(22)15-13-8-2/h8,11,13,15,18H,2,5,7,9-10,12,14,16H2,1,3-4,6H3/b15-13-. The number of allylic oxidation sites excluding steroid dienone is 2. The van der Waals surface area contributed by atoms with Crippen molar-refractivity contribution in [3.05, 3.63) is 47.8 Å². The maximum Gasteiger partial charge on any atom is 0.0444 e. The summed E-state index contributed by atoms with van der Waals surface area (Å²) in [5, 5.41) is 0. The molecule has 0 radical (unpaired) electrons. The number of aromatic nitrogens is 1. The van der Waals surface area contributed by atoms with Crippen LogP contribution in [0.5, 0.6) is 0 Å². The maximum atomic E-state index is 4.07. The van der Waals surface area contributed by atoms with Crippen molar-refractivity contribution in [2.75, 3.05) is 0 Å². The van der Waals surface area contributed by atoms with Gasteiger partial charge in [0.25, 0.3) is 0 Å². The van der Waals surface area contributed by atoms with E-state index in [0.29, 0.717) is 0 Å². The van der Waals surface area contributed by atoms with E-state index in [1.54, 1.807) is 0 Å². The Morgan fingerprint density at radius 1 is 1.14 bits per heavy atom. The second-order valence-electron chi connectivity index (χ2n) is 6.05. The van der Waals surface area contributed by atoms with E-state index in [-0.39, 0.29) is 0 Å². The average Bonchev–Trinajstić information content (AvgIpc) is 2.79. The molecule has 0 aliphatic heterocycles. The monoisotopic (exact) mass is 299 g/mol. The fourth-order valence-corrected chi connectivity index (χ4v) is 3.27. The molecule has 122 valence electrons. The molecular formula is C21H33N. The van der Waals surface area contributed by atoms with Gasteiger partial charge in [-0.05, 0) is 49.0 Å². The molecule has 0 fully saturated rings. The Labute approximate surface area is 137 Å². The maximum absolute atomic E-state index is 4.07. The number of hydrogen-bond acceptors (Lipinski definition) is 0. The Bertz CT molecular complexity index is 516. The molecule has 1 atom stereocenters. The van der Waals surface area contributed by atoms with Crippen molar-refractivity contribution < 1.29 is 0 Å². The molecule has 1 aromatic heterocycles. The Hall–Kier alpha value is -1.50. The van der Waals surface area contributed by atoms with E-state index in [0.717, 1.165) is 18.9 Å². The SMILES string of the molecule is C=C/C=C\c1c(C)c(CC)c(C=C)n1CC(CC)CCCC. The zero-order chi connectivity index (χ0) is 16.5. The first-order valence-electron chi connectivity index (χ1n) is 8.77. The molecule has 0 saturated carbocycles. The van der Waals surface area contributed by atoms with Gasteiger partial charge in [0.1, 0.15) is 0 Å². The molecule has 0 amide bonds. The third kappa shape index (κ3) is 4.25. The van der Waals surface area contributed by atoms with E-state index in [1.807, 2.05) is 18.2 Å². The summed E-state index contributed by atoms with van der Waals surface area (Å²) in [6, 6.07) is 0. The first-order valence-corrected chi connectivity index (χ1v) is 8.77. The third-order valence-corrected chi connectivity index (χ3v) is 4.65. The quantitative estimate of drug-likeness (QED) is 0.439. The highest BCUT2D eigenvalue weighted by Gasteiger charge is 2.17. The van der Waals surface area contributed by atoms with Crippen molar-refractivity contribution >= 4 is 12.2 Å². The minimum atomic E-state index is 0.742. The van der Waals surface area contributed by atoms with Crippen LogP contribution in [-0.4, -0.2) is 4.57 Å². The topological polar surface area (TPSA) is 4.93 Å². The molecule has 1 unspecified atom stereocenters. The van der Waals surface area contributed by atoms with E-state index in [1.165, 1.54) is 48.2 Å². The van der Waals surface area contributed by atoms with Crippen molar-refractivity contribution in [3.8, 4) is 0 Å². The van der Waals surface area contributed by atoms with Crippen LogP contribution in [0.25, 0.3) is 12.2 Å². The van der Waals surface area contributed by atoms with Crippen molar-refractivity contribution in [2.45, 2.75) is 66.3 Å². The molecular weight excluding hydrogens is 266 g/mol. The fourth-order valence-electron chi connectivity index (χ4n) is 3.27. The minimum Gasteiger partial charge on any atom is -0.341 e. The molecule has 0 aliphatic rings. The van der Waals surface area contributed by atoms with Gasteiger partial charge < -0.3 is 4.57 Å². The van der Waals surface area contributed by atoms with E-state index in [2.05, 4.69) is 51.5 Å². The summed E-state index contributed by atoms with van der Waals surface area (Å²) in [6.07, 6.45) is 14.3. The fraction of sp³-hybridized carbons (Fsp3) is 0.524. The highest BCUT2D eigenvalue weighted by molar-refractivity contribution is 5.62. The average molecular weight is 300 g/mol. The van der Waals surface area contributed by atoms with E-state index in [4.69, 9.17) is 0 Å². The van der Waals surface area contributed by atoms with Gasteiger partial charge >= 0.3 is 0 Å². The van der Waals surface area contributed by atoms with E-state index >= 15 is 0 Å². The lowest BCUT2D eigenvalue weighted by Gasteiger charge is -2.19. The predicted octanol–water partition coefficient (Wildman–Crippen LogP) is 6.42. The molecule has 0 spiro atoms. The number of nitrogens with zero attached hydrogens (tertiary/aromatic N) is 1. The van der Waals surface area contributed by atoms with E-state index in [9.17, 15) is 0 Å². The van der Waals surface area contributed by atoms with Crippen molar-refractivity contribution in [3.63, 3.8) is 0 Å². The van der Waals surface area contributed by atoms with Crippen LogP contribution in [0.15, 0.2) is 25.3 Å². The zero-order valence-electron chi connectivity index (χ0n) is 15.0. The lowest BCUT2D eigenvalue weighted by molar-refractivity contribution is 0.389. The van der Waals surface area contributed by atoms with Crippen LogP contribution in [0.4, 0.5) is 0 Å². The summed E-state index contributed by atoms with van der Waals surface area (Å²) in [6.45, 7) is 18.0. The highest BCUT2D eigenvalue weighted by Crippen LogP contribution is 2.28. The summed E-state index contributed by atoms with van der Waals surface area (Å²) in [5.74, 6) is 0.742. The van der Waals surface area contributed by atoms with Crippen molar-refractivity contribution in [1.82, 2.24) is 4.57 Å². The van der Waals surface area contributed by atoms with Crippen LogP contribution in [0.2, 0.25) is 0 Å². The smallest absolute Gasteiger partial charge is 0.0444 e. The molecule has 0 N–H and O–H groups in total. The molecule has 0 saturated heterocycles. The van der Waals surface area contributed by atoms with Crippen LogP contribution in [0.1, 0.15) is 69.0 Å². The summed E-state index contributed by atoms with van der Waals surface area (Å²) in [4.78, 5) is 0. The summed E-state index contributed by atoms with van der Waals surface area (Å²) < 4.78 is 2.48. The van der Waals surface area contributed by atoms with Crippen LogP contribution in [0.3, 0.4) is 0 Å². The Balaban J connectivity index is 3.26. The second-order valence-corrected chi connectivity index (χ2v) is 6.05. The van der Waals surface area contributed by atoms with Crippen LogP contribution in [0, 0.1) is 12.8 Å². The van der Waals surface area contributed by atoms with Gasteiger partial charge in [-0.15, -0.1) is 0 Å². The second kappa shape index (κ2) is 9.50. The number of unbranched alkanes of at least 4 members (excludes halogenated alkanes) is 1. The van der Waals surface area contributed by atoms with Crippen molar-refractivity contribution in [1.29, 1.82) is 0 Å². The van der Waals surface area contributed by atoms with Crippen molar-refractivity contribution in [2.24, 2.45) is 5.92 Å². The summed E-state index contributed by atoms with van der Waals surface area (Å²) in [7, 11) is 0. The van der Waals surface area contributed by atoms with Gasteiger partial charge in [0, 0.05) is 17.9 Å². The molecule has 1 heterocycles.